The van der Waals surface area contributed by atoms with Crippen LogP contribution >= 0.6 is 0 Å². The molecule has 156 valence electrons. The summed E-state index contributed by atoms with van der Waals surface area (Å²) in [7, 11) is 0. The molecule has 0 aromatic heterocycles. The normalized spacial score (nSPS) is 35.1. The first-order valence-electron chi connectivity index (χ1n) is 11.4. The van der Waals surface area contributed by atoms with Gasteiger partial charge >= 0.3 is 0 Å². The molecule has 0 spiro atoms. The molecule has 5 heteroatoms. The molecule has 1 atom stereocenters. The van der Waals surface area contributed by atoms with Gasteiger partial charge in [-0.3, -0.25) is 9.59 Å². The second-order valence-electron chi connectivity index (χ2n) is 10.1. The van der Waals surface area contributed by atoms with Crippen molar-refractivity contribution in [2.45, 2.75) is 64.0 Å². The number of hydrogen-bond acceptors (Lipinski definition) is 3. The summed E-state index contributed by atoms with van der Waals surface area (Å²) < 4.78 is 0. The van der Waals surface area contributed by atoms with Crippen LogP contribution in [0.1, 0.15) is 67.3 Å². The zero-order chi connectivity index (χ0) is 20.0. The van der Waals surface area contributed by atoms with E-state index in [9.17, 15) is 9.59 Å². The van der Waals surface area contributed by atoms with Gasteiger partial charge in [0.25, 0.3) is 5.91 Å². The largest absolute Gasteiger partial charge is 0.352 e. The molecule has 5 fully saturated rings. The summed E-state index contributed by atoms with van der Waals surface area (Å²) in [6.07, 6.45) is 9.36. The first-order chi connectivity index (χ1) is 14.1. The Kier molecular flexibility index (Phi) is 4.89. The Hall–Kier alpha value is -1.88. The Morgan fingerprint density at radius 3 is 2.24 bits per heavy atom. The first kappa shape index (κ1) is 19.1. The molecule has 0 radical (unpaired) electrons. The molecule has 1 aliphatic heterocycles. The molecule has 3 N–H and O–H groups in total. The number of nitrogens with two attached hydrogens (primary N) is 1. The molecule has 1 aromatic rings. The number of rotatable bonds is 5. The number of likely N-dealkylation sites (tertiary alicyclic amines) is 1. The number of nitrogens with one attached hydrogen (secondary N) is 1. The maximum atomic E-state index is 13.1. The summed E-state index contributed by atoms with van der Waals surface area (Å²) in [4.78, 5) is 27.8. The Bertz CT molecular complexity index is 753. The van der Waals surface area contributed by atoms with E-state index in [1.165, 1.54) is 19.3 Å². The van der Waals surface area contributed by atoms with Crippen LogP contribution in [0, 0.1) is 23.2 Å². The maximum absolute atomic E-state index is 13.1. The standard InChI is InChI=1S/C24H33N3O2/c25-14-21-2-1-7-27(21)22(28)20-5-3-16(4-6-20)15-26-23(29)24-11-17-8-18(12-24)10-19(9-17)13-24/h3-6,17-19,21H,1-2,7-15,25H2,(H,26,29). The van der Waals surface area contributed by atoms with Crippen molar-refractivity contribution >= 4 is 11.8 Å². The highest BCUT2D eigenvalue weighted by Gasteiger charge is 2.54. The SMILES string of the molecule is NCC1CCCN1C(=O)c1ccc(CNC(=O)C23CC4CC(CC(C4)C2)C3)cc1. The van der Waals surface area contributed by atoms with Crippen LogP contribution in [0.2, 0.25) is 0 Å². The Labute approximate surface area is 173 Å². The molecule has 2 amide bonds. The van der Waals surface area contributed by atoms with E-state index in [1.54, 1.807) is 0 Å². The third-order valence-corrected chi connectivity index (χ3v) is 8.08. The lowest BCUT2D eigenvalue weighted by molar-refractivity contribution is -0.146. The predicted octanol–water partition coefficient (Wildman–Crippen LogP) is 3.08. The number of hydrogen-bond donors (Lipinski definition) is 2. The van der Waals surface area contributed by atoms with E-state index < -0.39 is 0 Å². The molecule has 5 aliphatic rings. The number of benzene rings is 1. The molecule has 4 saturated carbocycles. The highest BCUT2D eigenvalue weighted by Crippen LogP contribution is 2.60. The third kappa shape index (κ3) is 3.48. The maximum Gasteiger partial charge on any atom is 0.254 e. The van der Waals surface area contributed by atoms with Crippen LogP contribution < -0.4 is 11.1 Å². The minimum atomic E-state index is -0.0996. The van der Waals surface area contributed by atoms with Gasteiger partial charge in [-0.2, -0.15) is 0 Å². The van der Waals surface area contributed by atoms with E-state index in [0.29, 0.717) is 18.7 Å². The number of carbonyl (C=O) groups excluding carboxylic acids is 2. The molecule has 4 bridgehead atoms. The molecule has 1 saturated heterocycles. The van der Waals surface area contributed by atoms with Gasteiger partial charge in [-0.25, -0.2) is 0 Å². The average Bonchev–Trinajstić information content (AvgIpc) is 3.19. The monoisotopic (exact) mass is 395 g/mol. The summed E-state index contributed by atoms with van der Waals surface area (Å²) in [5.74, 6) is 2.67. The Morgan fingerprint density at radius 1 is 1.03 bits per heavy atom. The highest BCUT2D eigenvalue weighted by molar-refractivity contribution is 5.94. The molecule has 1 unspecified atom stereocenters. The molecule has 29 heavy (non-hydrogen) atoms. The molecular formula is C24H33N3O2. The van der Waals surface area contributed by atoms with Crippen molar-refractivity contribution in [3.63, 3.8) is 0 Å². The van der Waals surface area contributed by atoms with Crippen LogP contribution in [-0.4, -0.2) is 35.8 Å². The zero-order valence-electron chi connectivity index (χ0n) is 17.2. The van der Waals surface area contributed by atoms with E-state index in [0.717, 1.165) is 62.0 Å². The van der Waals surface area contributed by atoms with Gasteiger partial charge in [0.05, 0.1) is 0 Å². The van der Waals surface area contributed by atoms with E-state index in [4.69, 9.17) is 5.73 Å². The van der Waals surface area contributed by atoms with Gasteiger partial charge in [-0.1, -0.05) is 12.1 Å². The number of nitrogens with zero attached hydrogens (tertiary/aromatic N) is 1. The smallest absolute Gasteiger partial charge is 0.254 e. The quantitative estimate of drug-likeness (QED) is 0.804. The second kappa shape index (κ2) is 7.42. The van der Waals surface area contributed by atoms with Crippen LogP contribution in [-0.2, 0) is 11.3 Å². The van der Waals surface area contributed by atoms with E-state index in [1.807, 2.05) is 29.2 Å². The van der Waals surface area contributed by atoms with Gasteiger partial charge in [0, 0.05) is 36.7 Å². The average molecular weight is 396 g/mol. The van der Waals surface area contributed by atoms with Crippen molar-refractivity contribution in [1.82, 2.24) is 10.2 Å². The van der Waals surface area contributed by atoms with Crippen molar-refractivity contribution in [3.8, 4) is 0 Å². The molecule has 5 nitrogen and oxygen atoms in total. The van der Waals surface area contributed by atoms with Gasteiger partial charge in [0.15, 0.2) is 0 Å². The molecular weight excluding hydrogens is 362 g/mol. The minimum absolute atomic E-state index is 0.0714. The number of carbonyl (C=O) groups is 2. The van der Waals surface area contributed by atoms with Crippen LogP contribution in [0.5, 0.6) is 0 Å². The topological polar surface area (TPSA) is 75.4 Å². The van der Waals surface area contributed by atoms with Crippen LogP contribution in [0.25, 0.3) is 0 Å². The lowest BCUT2D eigenvalue weighted by Crippen LogP contribution is -2.53. The van der Waals surface area contributed by atoms with Crippen LogP contribution in [0.4, 0.5) is 0 Å². The number of amides is 2. The van der Waals surface area contributed by atoms with Crippen LogP contribution in [0.3, 0.4) is 0 Å². The third-order valence-electron chi connectivity index (χ3n) is 8.08. The molecule has 6 rings (SSSR count). The van der Waals surface area contributed by atoms with Gasteiger partial charge in [0.1, 0.15) is 0 Å². The fraction of sp³-hybridized carbons (Fsp3) is 0.667. The molecule has 1 aromatic carbocycles. The highest BCUT2D eigenvalue weighted by atomic mass is 16.2. The summed E-state index contributed by atoms with van der Waals surface area (Å²) in [5.41, 5.74) is 7.47. The van der Waals surface area contributed by atoms with Crippen molar-refractivity contribution in [3.05, 3.63) is 35.4 Å². The minimum Gasteiger partial charge on any atom is -0.352 e. The summed E-state index contributed by atoms with van der Waals surface area (Å²) >= 11 is 0. The summed E-state index contributed by atoms with van der Waals surface area (Å²) in [6.45, 7) is 1.87. The van der Waals surface area contributed by atoms with Crippen molar-refractivity contribution in [2.75, 3.05) is 13.1 Å². The summed E-state index contributed by atoms with van der Waals surface area (Å²) in [6, 6.07) is 7.89. The van der Waals surface area contributed by atoms with Gasteiger partial charge in [-0.05, 0) is 86.8 Å². The van der Waals surface area contributed by atoms with E-state index in [-0.39, 0.29) is 23.3 Å². The van der Waals surface area contributed by atoms with Gasteiger partial charge < -0.3 is 16.0 Å². The lowest BCUT2D eigenvalue weighted by Gasteiger charge is -2.55. The lowest BCUT2D eigenvalue weighted by atomic mass is 9.49. The summed E-state index contributed by atoms with van der Waals surface area (Å²) in [5, 5.41) is 3.23. The first-order valence-corrected chi connectivity index (χ1v) is 11.4. The van der Waals surface area contributed by atoms with E-state index in [2.05, 4.69) is 5.32 Å². The Morgan fingerprint density at radius 2 is 1.66 bits per heavy atom. The fourth-order valence-electron chi connectivity index (χ4n) is 7.04. The van der Waals surface area contributed by atoms with Crippen molar-refractivity contribution in [2.24, 2.45) is 28.9 Å². The Balaban J connectivity index is 1.20. The van der Waals surface area contributed by atoms with Crippen molar-refractivity contribution < 1.29 is 9.59 Å². The van der Waals surface area contributed by atoms with E-state index >= 15 is 0 Å². The van der Waals surface area contributed by atoms with Crippen LogP contribution in [0.15, 0.2) is 24.3 Å². The fourth-order valence-corrected chi connectivity index (χ4v) is 7.04. The van der Waals surface area contributed by atoms with Gasteiger partial charge in [0.2, 0.25) is 5.91 Å². The predicted molar refractivity (Wildman–Crippen MR) is 112 cm³/mol. The second-order valence-corrected chi connectivity index (χ2v) is 10.1. The zero-order valence-corrected chi connectivity index (χ0v) is 17.2. The van der Waals surface area contributed by atoms with Crippen molar-refractivity contribution in [1.29, 1.82) is 0 Å². The van der Waals surface area contributed by atoms with Gasteiger partial charge in [-0.15, -0.1) is 0 Å². The molecule has 4 aliphatic carbocycles. The molecule has 1 heterocycles.